The normalized spacial score (nSPS) is 20.9. The summed E-state index contributed by atoms with van der Waals surface area (Å²) in [6.45, 7) is 8.79. The molecule has 0 spiro atoms. The molecule has 0 aromatic heterocycles. The largest absolute Gasteiger partial charge is 0.466 e. The van der Waals surface area contributed by atoms with Crippen molar-refractivity contribution in [2.45, 2.75) is 33.0 Å². The maximum Gasteiger partial charge on any atom is 0.343 e. The van der Waals surface area contributed by atoms with E-state index in [1.165, 1.54) is 18.2 Å². The zero-order valence-corrected chi connectivity index (χ0v) is 13.3. The molecular formula is C16H25N3O2. The van der Waals surface area contributed by atoms with Crippen molar-refractivity contribution in [2.75, 3.05) is 32.1 Å². The van der Waals surface area contributed by atoms with E-state index >= 15 is 0 Å². The van der Waals surface area contributed by atoms with Crippen molar-refractivity contribution >= 4 is 11.7 Å². The monoisotopic (exact) mass is 291 g/mol. The first kappa shape index (κ1) is 15.8. The van der Waals surface area contributed by atoms with Crippen LogP contribution in [0.3, 0.4) is 0 Å². The number of piperazine rings is 1. The number of anilines is 1. The third-order valence-electron chi connectivity index (χ3n) is 4.00. The first-order valence-electron chi connectivity index (χ1n) is 7.40. The van der Waals surface area contributed by atoms with Crippen LogP contribution >= 0.6 is 0 Å². The number of ether oxygens (including phenoxy) is 1. The van der Waals surface area contributed by atoms with Crippen LogP contribution in [0.5, 0.6) is 0 Å². The Bertz CT molecular complexity index is 504. The van der Waals surface area contributed by atoms with E-state index in [-0.39, 0.29) is 5.97 Å². The molecule has 5 heteroatoms. The molecular weight excluding hydrogens is 266 g/mol. The molecule has 2 N–H and O–H groups in total. The number of nitrogens with zero attached hydrogens (tertiary/aromatic N) is 1. The van der Waals surface area contributed by atoms with Gasteiger partial charge in [0.2, 0.25) is 0 Å². The Morgan fingerprint density at radius 3 is 2.81 bits per heavy atom. The highest BCUT2D eigenvalue weighted by atomic mass is 16.5. The second-order valence-corrected chi connectivity index (χ2v) is 5.72. The second kappa shape index (κ2) is 6.91. The molecule has 0 bridgehead atoms. The van der Waals surface area contributed by atoms with Crippen LogP contribution in [-0.2, 0) is 9.53 Å². The lowest BCUT2D eigenvalue weighted by Gasteiger charge is -2.36. The summed E-state index contributed by atoms with van der Waals surface area (Å²) in [6, 6.07) is 6.50. The number of esters is 1. The zero-order chi connectivity index (χ0) is 15.4. The van der Waals surface area contributed by atoms with Crippen LogP contribution in [0.2, 0.25) is 0 Å². The summed E-state index contributed by atoms with van der Waals surface area (Å²) >= 11 is 0. The fourth-order valence-electron chi connectivity index (χ4n) is 2.60. The molecule has 116 valence electrons. The van der Waals surface area contributed by atoms with Gasteiger partial charge >= 0.3 is 5.97 Å². The smallest absolute Gasteiger partial charge is 0.343 e. The average Bonchev–Trinajstić information content (AvgIpc) is 2.47. The van der Waals surface area contributed by atoms with Crippen LogP contribution in [0.15, 0.2) is 18.2 Å². The van der Waals surface area contributed by atoms with Crippen molar-refractivity contribution in [3.63, 3.8) is 0 Å². The van der Waals surface area contributed by atoms with Gasteiger partial charge in [0.05, 0.1) is 7.11 Å². The van der Waals surface area contributed by atoms with Gasteiger partial charge in [0, 0.05) is 31.4 Å². The molecule has 2 atom stereocenters. The number of benzene rings is 1. The molecule has 21 heavy (non-hydrogen) atoms. The van der Waals surface area contributed by atoms with Crippen LogP contribution < -0.4 is 10.6 Å². The van der Waals surface area contributed by atoms with E-state index < -0.39 is 6.17 Å². The highest BCUT2D eigenvalue weighted by Crippen LogP contribution is 2.17. The number of rotatable bonds is 4. The van der Waals surface area contributed by atoms with Crippen molar-refractivity contribution in [1.82, 2.24) is 10.2 Å². The molecule has 1 aliphatic rings. The van der Waals surface area contributed by atoms with E-state index in [9.17, 15) is 4.79 Å². The number of carbonyl (C=O) groups is 1. The van der Waals surface area contributed by atoms with Crippen LogP contribution in [0, 0.1) is 13.8 Å². The van der Waals surface area contributed by atoms with Gasteiger partial charge in [0.25, 0.3) is 0 Å². The number of nitrogens with one attached hydrogen (secondary N) is 2. The molecule has 2 rings (SSSR count). The Labute approximate surface area is 126 Å². The minimum atomic E-state index is -0.443. The lowest BCUT2D eigenvalue weighted by atomic mass is 10.1. The van der Waals surface area contributed by atoms with Crippen molar-refractivity contribution in [3.05, 3.63) is 29.3 Å². The summed E-state index contributed by atoms with van der Waals surface area (Å²) in [7, 11) is 1.43. The quantitative estimate of drug-likeness (QED) is 0.824. The van der Waals surface area contributed by atoms with E-state index in [0.717, 1.165) is 25.3 Å². The standard InChI is InChI=1S/C16H25N3O2/c1-11-5-6-14(9-12(11)2)18-15(16(20)21-4)19-8-7-17-13(3)10-19/h5-6,9,13,15,17-18H,7-8,10H2,1-4H3. The Hall–Kier alpha value is -1.59. The van der Waals surface area contributed by atoms with Crippen molar-refractivity contribution in [3.8, 4) is 0 Å². The topological polar surface area (TPSA) is 53.6 Å². The number of methoxy groups -OCH3 is 1. The molecule has 0 saturated carbocycles. The van der Waals surface area contributed by atoms with Crippen molar-refractivity contribution in [1.29, 1.82) is 0 Å². The third-order valence-corrected chi connectivity index (χ3v) is 4.00. The van der Waals surface area contributed by atoms with Gasteiger partial charge in [-0.25, -0.2) is 4.79 Å². The van der Waals surface area contributed by atoms with E-state index in [0.29, 0.717) is 6.04 Å². The van der Waals surface area contributed by atoms with Crippen LogP contribution in [0.1, 0.15) is 18.1 Å². The van der Waals surface area contributed by atoms with E-state index in [1.54, 1.807) is 0 Å². The lowest BCUT2D eigenvalue weighted by molar-refractivity contribution is -0.146. The molecule has 2 unspecified atom stereocenters. The van der Waals surface area contributed by atoms with Crippen LogP contribution in [0.25, 0.3) is 0 Å². The minimum absolute atomic E-state index is 0.248. The predicted molar refractivity (Wildman–Crippen MR) is 84.4 cm³/mol. The Morgan fingerprint density at radius 2 is 2.19 bits per heavy atom. The minimum Gasteiger partial charge on any atom is -0.466 e. The van der Waals surface area contributed by atoms with Gasteiger partial charge in [-0.1, -0.05) is 6.07 Å². The Kier molecular flexibility index (Phi) is 5.20. The van der Waals surface area contributed by atoms with Crippen LogP contribution in [-0.4, -0.2) is 49.8 Å². The number of hydrogen-bond donors (Lipinski definition) is 2. The number of aryl methyl sites for hydroxylation is 2. The van der Waals surface area contributed by atoms with Crippen molar-refractivity contribution in [2.24, 2.45) is 0 Å². The van der Waals surface area contributed by atoms with Crippen molar-refractivity contribution < 1.29 is 9.53 Å². The average molecular weight is 291 g/mol. The third kappa shape index (κ3) is 3.95. The van der Waals surface area contributed by atoms with Gasteiger partial charge in [0.15, 0.2) is 6.17 Å². The summed E-state index contributed by atoms with van der Waals surface area (Å²) in [6.07, 6.45) is -0.443. The summed E-state index contributed by atoms with van der Waals surface area (Å²) in [4.78, 5) is 14.3. The molecule has 0 aliphatic carbocycles. The van der Waals surface area contributed by atoms with Gasteiger partial charge in [-0.2, -0.15) is 0 Å². The van der Waals surface area contributed by atoms with Gasteiger partial charge in [-0.15, -0.1) is 0 Å². The SMILES string of the molecule is COC(=O)C(Nc1ccc(C)c(C)c1)N1CCNC(C)C1. The Balaban J connectivity index is 2.15. The van der Waals surface area contributed by atoms with Gasteiger partial charge in [0.1, 0.15) is 0 Å². The zero-order valence-electron chi connectivity index (χ0n) is 13.3. The fourth-order valence-corrected chi connectivity index (χ4v) is 2.60. The molecule has 1 aromatic rings. The van der Waals surface area contributed by atoms with E-state index in [2.05, 4.69) is 48.4 Å². The molecule has 5 nitrogen and oxygen atoms in total. The summed E-state index contributed by atoms with van der Waals surface area (Å²) in [5.74, 6) is -0.248. The molecule has 0 radical (unpaired) electrons. The molecule has 1 heterocycles. The first-order valence-corrected chi connectivity index (χ1v) is 7.40. The highest BCUT2D eigenvalue weighted by molar-refractivity contribution is 5.78. The van der Waals surface area contributed by atoms with Gasteiger partial charge in [-0.3, -0.25) is 4.90 Å². The summed E-state index contributed by atoms with van der Waals surface area (Å²) < 4.78 is 4.96. The summed E-state index contributed by atoms with van der Waals surface area (Å²) in [5.41, 5.74) is 3.39. The molecule has 0 amide bonds. The second-order valence-electron chi connectivity index (χ2n) is 5.72. The Morgan fingerprint density at radius 1 is 1.43 bits per heavy atom. The van der Waals surface area contributed by atoms with E-state index in [1.807, 2.05) is 6.07 Å². The molecule has 1 aromatic carbocycles. The molecule has 1 aliphatic heterocycles. The van der Waals surface area contributed by atoms with Gasteiger partial charge in [-0.05, 0) is 44.0 Å². The first-order chi connectivity index (χ1) is 10.0. The lowest BCUT2D eigenvalue weighted by Crippen LogP contribution is -2.57. The molecule has 1 saturated heterocycles. The fraction of sp³-hybridized carbons (Fsp3) is 0.562. The van der Waals surface area contributed by atoms with Gasteiger partial charge < -0.3 is 15.4 Å². The maximum atomic E-state index is 12.1. The summed E-state index contributed by atoms with van der Waals surface area (Å²) in [5, 5.41) is 6.69. The maximum absolute atomic E-state index is 12.1. The number of hydrogen-bond acceptors (Lipinski definition) is 5. The van der Waals surface area contributed by atoms with Crippen LogP contribution in [0.4, 0.5) is 5.69 Å². The van der Waals surface area contributed by atoms with E-state index in [4.69, 9.17) is 4.74 Å². The highest BCUT2D eigenvalue weighted by Gasteiger charge is 2.29. The predicted octanol–water partition coefficient (Wildman–Crippen LogP) is 1.51. The number of carbonyl (C=O) groups excluding carboxylic acids is 1. The molecule has 1 fully saturated rings.